The summed E-state index contributed by atoms with van der Waals surface area (Å²) in [6.07, 6.45) is 1.70. The lowest BCUT2D eigenvalue weighted by atomic mass is 10.2. The lowest BCUT2D eigenvalue weighted by molar-refractivity contribution is 0.252. The number of aryl methyl sites for hydroxylation is 1. The fourth-order valence-electron chi connectivity index (χ4n) is 2.81. The van der Waals surface area contributed by atoms with Gasteiger partial charge in [0, 0.05) is 25.4 Å². The van der Waals surface area contributed by atoms with Gasteiger partial charge >= 0.3 is 6.03 Å². The average molecular weight is 423 g/mol. The van der Waals surface area contributed by atoms with Gasteiger partial charge < -0.3 is 30.7 Å². The highest BCUT2D eigenvalue weighted by molar-refractivity contribution is 5.91. The fraction of sp³-hybridized carbons (Fsp3) is 0.238. The van der Waals surface area contributed by atoms with Gasteiger partial charge in [0.2, 0.25) is 0 Å². The molecule has 0 saturated carbocycles. The molecule has 0 bridgehead atoms. The van der Waals surface area contributed by atoms with Gasteiger partial charge in [-0.3, -0.25) is 0 Å². The fourth-order valence-corrected chi connectivity index (χ4v) is 2.81. The monoisotopic (exact) mass is 423 g/mol. The van der Waals surface area contributed by atoms with Gasteiger partial charge in [-0.15, -0.1) is 0 Å². The number of aromatic nitrogens is 3. The van der Waals surface area contributed by atoms with E-state index in [1.165, 1.54) is 7.11 Å². The Bertz CT molecular complexity index is 1020. The molecule has 0 radical (unpaired) electrons. The molecule has 2 aromatic heterocycles. The Balaban J connectivity index is 1.50. The first-order chi connectivity index (χ1) is 15.1. The molecule has 0 saturated heterocycles. The lowest BCUT2D eigenvalue weighted by Crippen LogP contribution is -2.32. The Morgan fingerprint density at radius 1 is 0.968 bits per heavy atom. The molecule has 0 fully saturated rings. The Morgan fingerprint density at radius 3 is 2.55 bits per heavy atom. The minimum Gasteiger partial charge on any atom is -0.493 e. The van der Waals surface area contributed by atoms with E-state index in [-0.39, 0.29) is 6.03 Å². The number of rotatable bonds is 9. The molecule has 0 aliphatic carbocycles. The third-order valence-electron chi connectivity index (χ3n) is 4.13. The first-order valence-corrected chi connectivity index (χ1v) is 9.62. The summed E-state index contributed by atoms with van der Waals surface area (Å²) in [4.78, 5) is 25.2. The van der Waals surface area contributed by atoms with Crippen LogP contribution in [0.4, 0.5) is 27.9 Å². The van der Waals surface area contributed by atoms with Crippen LogP contribution >= 0.6 is 0 Å². The summed E-state index contributed by atoms with van der Waals surface area (Å²) in [7, 11) is 3.06. The Labute approximate surface area is 180 Å². The molecule has 2 heterocycles. The van der Waals surface area contributed by atoms with Crippen LogP contribution in [0.15, 0.2) is 48.7 Å². The Hall–Kier alpha value is -4.08. The molecule has 0 atom stereocenters. The number of carbonyl (C=O) groups excluding carboxylic acids is 1. The third kappa shape index (κ3) is 6.20. The number of urea groups is 1. The number of methoxy groups -OCH3 is 2. The van der Waals surface area contributed by atoms with Crippen molar-refractivity contribution in [2.24, 2.45) is 0 Å². The zero-order valence-electron chi connectivity index (χ0n) is 17.6. The number of benzene rings is 1. The number of carbonyl (C=O) groups is 1. The van der Waals surface area contributed by atoms with Gasteiger partial charge in [0.25, 0.3) is 0 Å². The standard InChI is InChI=1S/C21H25N7O3/c1-14-25-18(13-19(26-14)28-17-9-4-5-10-22-17)23-11-12-24-21(29)27-15-7-6-8-16(30-2)20(15)31-3/h4-10,13H,11-12H2,1-3H3,(H2,24,27,29)(H2,22,23,25,26,28). The first-order valence-electron chi connectivity index (χ1n) is 9.62. The van der Waals surface area contributed by atoms with Crippen LogP contribution in [0.5, 0.6) is 11.5 Å². The van der Waals surface area contributed by atoms with Crippen LogP contribution in [0.1, 0.15) is 5.82 Å². The van der Waals surface area contributed by atoms with Crippen molar-refractivity contribution in [2.45, 2.75) is 6.92 Å². The lowest BCUT2D eigenvalue weighted by Gasteiger charge is -2.14. The van der Waals surface area contributed by atoms with Gasteiger partial charge in [-0.1, -0.05) is 12.1 Å². The van der Waals surface area contributed by atoms with E-state index in [0.717, 1.165) is 0 Å². The summed E-state index contributed by atoms with van der Waals surface area (Å²) in [5, 5.41) is 11.8. The van der Waals surface area contributed by atoms with E-state index in [1.807, 2.05) is 25.1 Å². The molecule has 162 valence electrons. The second-order valence-electron chi connectivity index (χ2n) is 6.37. The van der Waals surface area contributed by atoms with E-state index >= 15 is 0 Å². The van der Waals surface area contributed by atoms with E-state index in [2.05, 4.69) is 36.2 Å². The summed E-state index contributed by atoms with van der Waals surface area (Å²) < 4.78 is 10.5. The Morgan fingerprint density at radius 2 is 1.81 bits per heavy atom. The summed E-state index contributed by atoms with van der Waals surface area (Å²) in [5.74, 6) is 3.57. The van der Waals surface area contributed by atoms with Gasteiger partial charge in [-0.2, -0.15) is 0 Å². The highest BCUT2D eigenvalue weighted by Gasteiger charge is 2.11. The number of amides is 2. The summed E-state index contributed by atoms with van der Waals surface area (Å²) in [6, 6.07) is 12.3. The summed E-state index contributed by atoms with van der Waals surface area (Å²) in [6.45, 7) is 2.66. The van der Waals surface area contributed by atoms with E-state index in [1.54, 1.807) is 37.6 Å². The molecular weight excluding hydrogens is 398 g/mol. The SMILES string of the molecule is COc1cccc(NC(=O)NCCNc2cc(Nc3ccccn3)nc(C)n2)c1OC. The predicted molar refractivity (Wildman–Crippen MR) is 119 cm³/mol. The van der Waals surface area contributed by atoms with Gasteiger partial charge in [0.05, 0.1) is 19.9 Å². The van der Waals surface area contributed by atoms with Crippen molar-refractivity contribution in [3.63, 3.8) is 0 Å². The molecule has 31 heavy (non-hydrogen) atoms. The number of nitrogens with one attached hydrogen (secondary N) is 4. The van der Waals surface area contributed by atoms with Crippen LogP contribution in [-0.2, 0) is 0 Å². The van der Waals surface area contributed by atoms with E-state index in [0.29, 0.717) is 53.6 Å². The summed E-state index contributed by atoms with van der Waals surface area (Å²) >= 11 is 0. The molecule has 0 unspecified atom stereocenters. The number of anilines is 4. The number of para-hydroxylation sites is 1. The van der Waals surface area contributed by atoms with Crippen molar-refractivity contribution in [3.05, 3.63) is 54.5 Å². The van der Waals surface area contributed by atoms with Crippen molar-refractivity contribution in [2.75, 3.05) is 43.3 Å². The molecular formula is C21H25N7O3. The van der Waals surface area contributed by atoms with Gasteiger partial charge in [-0.05, 0) is 31.2 Å². The number of hydrogen-bond acceptors (Lipinski definition) is 8. The largest absolute Gasteiger partial charge is 0.493 e. The molecule has 4 N–H and O–H groups in total. The maximum atomic E-state index is 12.2. The zero-order valence-corrected chi connectivity index (χ0v) is 17.6. The maximum Gasteiger partial charge on any atom is 0.319 e. The summed E-state index contributed by atoms with van der Waals surface area (Å²) in [5.41, 5.74) is 0.518. The molecule has 2 amide bonds. The molecule has 0 spiro atoms. The van der Waals surface area contributed by atoms with Crippen LogP contribution in [0.2, 0.25) is 0 Å². The van der Waals surface area contributed by atoms with Crippen LogP contribution in [0.3, 0.4) is 0 Å². The molecule has 10 nitrogen and oxygen atoms in total. The van der Waals surface area contributed by atoms with Crippen LogP contribution in [-0.4, -0.2) is 48.3 Å². The van der Waals surface area contributed by atoms with Gasteiger partial charge in [0.1, 0.15) is 23.3 Å². The Kier molecular flexibility index (Phi) is 7.41. The van der Waals surface area contributed by atoms with Crippen LogP contribution in [0.25, 0.3) is 0 Å². The van der Waals surface area contributed by atoms with Gasteiger partial charge in [0.15, 0.2) is 11.5 Å². The topological polar surface area (TPSA) is 122 Å². The van der Waals surface area contributed by atoms with Crippen molar-refractivity contribution in [1.82, 2.24) is 20.3 Å². The average Bonchev–Trinajstić information content (AvgIpc) is 2.77. The molecule has 3 rings (SSSR count). The van der Waals surface area contributed by atoms with E-state index in [4.69, 9.17) is 9.47 Å². The number of nitrogens with zero attached hydrogens (tertiary/aromatic N) is 3. The first kappa shape index (κ1) is 21.6. The molecule has 0 aliphatic rings. The molecule has 10 heteroatoms. The molecule has 0 aliphatic heterocycles. The van der Waals surface area contributed by atoms with Crippen molar-refractivity contribution < 1.29 is 14.3 Å². The smallest absolute Gasteiger partial charge is 0.319 e. The van der Waals surface area contributed by atoms with E-state index < -0.39 is 0 Å². The van der Waals surface area contributed by atoms with Crippen LogP contribution < -0.4 is 30.7 Å². The maximum absolute atomic E-state index is 12.2. The van der Waals surface area contributed by atoms with Gasteiger partial charge in [-0.25, -0.2) is 19.7 Å². The number of hydrogen-bond donors (Lipinski definition) is 4. The second kappa shape index (κ2) is 10.6. The number of pyridine rings is 1. The van der Waals surface area contributed by atoms with Crippen molar-refractivity contribution in [3.8, 4) is 11.5 Å². The third-order valence-corrected chi connectivity index (χ3v) is 4.13. The molecule has 3 aromatic rings. The highest BCUT2D eigenvalue weighted by Crippen LogP contribution is 2.34. The highest BCUT2D eigenvalue weighted by atomic mass is 16.5. The minimum atomic E-state index is -0.357. The van der Waals surface area contributed by atoms with Crippen LogP contribution in [0, 0.1) is 6.92 Å². The minimum absolute atomic E-state index is 0.357. The van der Waals surface area contributed by atoms with E-state index in [9.17, 15) is 4.79 Å². The second-order valence-corrected chi connectivity index (χ2v) is 6.37. The normalized spacial score (nSPS) is 10.2. The number of ether oxygens (including phenoxy) is 2. The quantitative estimate of drug-likeness (QED) is 0.387. The molecule has 1 aromatic carbocycles. The predicted octanol–water partition coefficient (Wildman–Crippen LogP) is 3.17. The van der Waals surface area contributed by atoms with Crippen molar-refractivity contribution >= 4 is 29.2 Å². The zero-order chi connectivity index (χ0) is 22.1. The van der Waals surface area contributed by atoms with Crippen molar-refractivity contribution in [1.29, 1.82) is 0 Å².